The summed E-state index contributed by atoms with van der Waals surface area (Å²) in [5.41, 5.74) is 5.55. The molecule has 0 fully saturated rings. The molecule has 0 unspecified atom stereocenters. The van der Waals surface area contributed by atoms with Crippen LogP contribution in [0.25, 0.3) is 11.1 Å². The van der Waals surface area contributed by atoms with Gasteiger partial charge in [-0.15, -0.1) is 6.42 Å². The Morgan fingerprint density at radius 1 is 0.875 bits per heavy atom. The van der Waals surface area contributed by atoms with Crippen molar-refractivity contribution in [3.05, 3.63) is 99.8 Å². The maximum atomic E-state index is 12.6. The van der Waals surface area contributed by atoms with E-state index < -0.39 is 53.7 Å². The molecule has 1 heterocycles. The highest BCUT2D eigenvalue weighted by molar-refractivity contribution is 8.04. The van der Waals surface area contributed by atoms with E-state index in [-0.39, 0.29) is 47.8 Å². The topological polar surface area (TPSA) is 216 Å². The Kier molecular flexibility index (Phi) is 14.5. The summed E-state index contributed by atoms with van der Waals surface area (Å²) < 4.78 is 104. The van der Waals surface area contributed by atoms with Crippen LogP contribution in [0, 0.1) is 26.2 Å². The number of carbonyl (C=O) groups is 1. The molecule has 4 rings (SSSR count). The van der Waals surface area contributed by atoms with Crippen molar-refractivity contribution in [3.63, 3.8) is 0 Å². The predicted molar refractivity (Wildman–Crippen MR) is 209 cm³/mol. The van der Waals surface area contributed by atoms with Crippen LogP contribution in [0.15, 0.2) is 71.9 Å². The van der Waals surface area contributed by atoms with Crippen molar-refractivity contribution in [2.45, 2.75) is 43.1 Å². The van der Waals surface area contributed by atoms with Crippen LogP contribution in [0.3, 0.4) is 0 Å². The Balaban J connectivity index is 1.59. The number of pyridine rings is 1. The number of nitrogens with one attached hydrogen (secondary N) is 1. The predicted octanol–water partition coefficient (Wildman–Crippen LogP) is 4.24. The molecule has 0 saturated heterocycles. The lowest BCUT2D eigenvalue weighted by molar-refractivity contribution is -0.121. The summed E-state index contributed by atoms with van der Waals surface area (Å²) >= 11 is 6.72. The van der Waals surface area contributed by atoms with Gasteiger partial charge in [-0.25, -0.2) is 8.42 Å². The summed E-state index contributed by atoms with van der Waals surface area (Å²) in [4.78, 5) is 18.1. The van der Waals surface area contributed by atoms with Gasteiger partial charge in [-0.2, -0.15) is 16.8 Å². The van der Waals surface area contributed by atoms with Gasteiger partial charge in [0.2, 0.25) is 10.5 Å². The number of rotatable bonds is 18. The van der Waals surface area contributed by atoms with E-state index in [2.05, 4.69) is 16.2 Å². The van der Waals surface area contributed by atoms with Gasteiger partial charge in [0, 0.05) is 42.4 Å². The molecule has 300 valence electrons. The van der Waals surface area contributed by atoms with E-state index in [1.54, 1.807) is 12.1 Å². The maximum Gasteiger partial charge on any atom is 0.286 e. The molecule has 0 saturated carbocycles. The zero-order chi connectivity index (χ0) is 41.4. The van der Waals surface area contributed by atoms with Crippen molar-refractivity contribution in [2.75, 3.05) is 33.0 Å². The zero-order valence-corrected chi connectivity index (χ0v) is 33.9. The molecule has 1 amide bonds. The Bertz CT molecular complexity index is 2440. The van der Waals surface area contributed by atoms with Gasteiger partial charge in [0.05, 0.1) is 23.0 Å². The zero-order valence-electron chi connectivity index (χ0n) is 30.7. The van der Waals surface area contributed by atoms with E-state index in [0.717, 1.165) is 34.1 Å². The van der Waals surface area contributed by atoms with Gasteiger partial charge in [-0.05, 0) is 66.9 Å². The number of carbonyl (C=O) groups excluding carboxylic acids is 1. The molecule has 0 bridgehead atoms. The number of terminal acetylenes is 1. The highest BCUT2D eigenvalue weighted by Crippen LogP contribution is 2.36. The minimum absolute atomic E-state index is 0.00505. The van der Waals surface area contributed by atoms with Gasteiger partial charge in [-0.3, -0.25) is 23.8 Å². The number of ether oxygens (including phenoxy) is 3. The van der Waals surface area contributed by atoms with Crippen LogP contribution in [-0.4, -0.2) is 87.7 Å². The van der Waals surface area contributed by atoms with Crippen molar-refractivity contribution < 1.29 is 53.4 Å². The average Bonchev–Trinajstić information content (AvgIpc) is 3.09. The smallest absolute Gasteiger partial charge is 0.286 e. The normalized spacial score (nSPS) is 12.0. The molecule has 0 aliphatic heterocycles. The van der Waals surface area contributed by atoms with Gasteiger partial charge in [0.15, 0.2) is 9.84 Å². The van der Waals surface area contributed by atoms with Gasteiger partial charge in [0.1, 0.15) is 37.1 Å². The first-order valence-corrected chi connectivity index (χ1v) is 21.8. The Labute approximate surface area is 331 Å². The first-order valence-electron chi connectivity index (χ1n) is 16.5. The van der Waals surface area contributed by atoms with Crippen LogP contribution in [0.1, 0.15) is 27.8 Å². The lowest BCUT2D eigenvalue weighted by Gasteiger charge is -2.21. The first-order chi connectivity index (χ1) is 26.2. The molecule has 56 heavy (non-hydrogen) atoms. The Morgan fingerprint density at radius 2 is 1.52 bits per heavy atom. The van der Waals surface area contributed by atoms with Gasteiger partial charge in [0.25, 0.3) is 20.2 Å². The molecule has 19 heteroatoms. The fourth-order valence-corrected chi connectivity index (χ4v) is 8.21. The second kappa shape index (κ2) is 18.5. The van der Waals surface area contributed by atoms with Crippen LogP contribution >= 0.6 is 11.6 Å². The monoisotopic (exact) mass is 849 g/mol. The summed E-state index contributed by atoms with van der Waals surface area (Å²) in [6, 6.07) is 16.1. The quantitative estimate of drug-likeness (QED) is 0.0944. The number of hydrogen-bond acceptors (Lipinski definition) is 12. The second-order valence-corrected chi connectivity index (χ2v) is 18.6. The van der Waals surface area contributed by atoms with E-state index in [1.807, 2.05) is 50.2 Å². The van der Waals surface area contributed by atoms with Crippen molar-refractivity contribution in [2.24, 2.45) is 0 Å². The van der Waals surface area contributed by atoms with E-state index in [9.17, 15) is 39.2 Å². The SMILES string of the molecule is C#CCOc1cccc(-c2cccc(COc3cc(OCc4cncc(S(C)(=O)=O)c4)c(CN(C)CC(=O)NCC(S(=O)(=O)O)S(=O)(=O)O)cc3Cl)c2C)c1C. The molecule has 0 radical (unpaired) electrons. The third-order valence-electron chi connectivity index (χ3n) is 8.41. The number of benzene rings is 3. The molecule has 0 aliphatic carbocycles. The number of halogens is 1. The van der Waals surface area contributed by atoms with Crippen LogP contribution in [0.5, 0.6) is 17.2 Å². The first kappa shape index (κ1) is 44.0. The second-order valence-electron chi connectivity index (χ2n) is 12.7. The van der Waals surface area contributed by atoms with Crippen molar-refractivity contribution in [3.8, 4) is 40.7 Å². The van der Waals surface area contributed by atoms with Crippen molar-refractivity contribution >= 4 is 47.6 Å². The van der Waals surface area contributed by atoms with Gasteiger partial charge >= 0.3 is 0 Å². The minimum atomic E-state index is -5.25. The van der Waals surface area contributed by atoms with Crippen LogP contribution in [-0.2, 0) is 54.6 Å². The van der Waals surface area contributed by atoms with E-state index in [4.69, 9.17) is 32.2 Å². The fourth-order valence-electron chi connectivity index (χ4n) is 5.53. The minimum Gasteiger partial charge on any atom is -0.488 e. The van der Waals surface area contributed by atoms with Gasteiger partial charge in [-0.1, -0.05) is 47.9 Å². The highest BCUT2D eigenvalue weighted by Gasteiger charge is 2.36. The summed E-state index contributed by atoms with van der Waals surface area (Å²) in [5, 5.41) is 2.26. The Hall–Kier alpha value is -4.74. The number of amides is 1. The number of hydrogen-bond donors (Lipinski definition) is 3. The molecular formula is C37H40ClN3O12S3. The molecular weight excluding hydrogens is 810 g/mol. The number of aromatic nitrogens is 1. The van der Waals surface area contributed by atoms with Crippen LogP contribution < -0.4 is 19.5 Å². The summed E-state index contributed by atoms with van der Waals surface area (Å²) in [6.45, 7) is 2.56. The third-order valence-corrected chi connectivity index (χ3v) is 12.9. The van der Waals surface area contributed by atoms with Crippen LogP contribution in [0.4, 0.5) is 0 Å². The molecule has 0 atom stereocenters. The molecule has 15 nitrogen and oxygen atoms in total. The summed E-state index contributed by atoms with van der Waals surface area (Å²) in [7, 11) is -12.5. The fraction of sp³-hybridized carbons (Fsp3) is 0.297. The molecule has 0 spiro atoms. The molecule has 1 aromatic heterocycles. The molecule has 3 aromatic carbocycles. The van der Waals surface area contributed by atoms with Crippen molar-refractivity contribution in [1.82, 2.24) is 15.2 Å². The summed E-state index contributed by atoms with van der Waals surface area (Å²) in [6.07, 6.45) is 9.10. The largest absolute Gasteiger partial charge is 0.488 e. The lowest BCUT2D eigenvalue weighted by Crippen LogP contribution is -2.44. The van der Waals surface area contributed by atoms with Crippen LogP contribution in [0.2, 0.25) is 5.02 Å². The standard InChI is InChI=1S/C37H40ClN3O12S3/c1-6-13-51-33-12-8-11-31(25(33)3)30-10-7-9-27(24(30)2)23-53-35-16-34(52-22-26-14-29(18-39-17-26)54(5,43)44)28(15-32(35)38)20-41(4)21-36(42)40-19-37(55(45,46)47)56(48,49)50/h1,7-12,14-18,37H,13,19-23H2,2-5H3,(H,40,42)(H,45,46,47)(H,48,49,50). The molecule has 0 aliphatic rings. The maximum absolute atomic E-state index is 12.6. The van der Waals surface area contributed by atoms with Crippen molar-refractivity contribution in [1.29, 1.82) is 0 Å². The Morgan fingerprint density at radius 3 is 2.16 bits per heavy atom. The molecule has 4 aromatic rings. The van der Waals surface area contributed by atoms with E-state index >= 15 is 0 Å². The lowest BCUT2D eigenvalue weighted by atomic mass is 9.93. The summed E-state index contributed by atoms with van der Waals surface area (Å²) in [5.74, 6) is 2.82. The van der Waals surface area contributed by atoms with E-state index in [0.29, 0.717) is 16.9 Å². The highest BCUT2D eigenvalue weighted by atomic mass is 35.5. The van der Waals surface area contributed by atoms with Gasteiger partial charge < -0.3 is 19.5 Å². The average molecular weight is 850 g/mol. The van der Waals surface area contributed by atoms with E-state index in [1.165, 1.54) is 30.4 Å². The third kappa shape index (κ3) is 11.9. The number of likely N-dealkylation sites (N-methyl/N-ethyl adjacent to an activating group) is 1. The molecule has 3 N–H and O–H groups in total. The number of sulfone groups is 1. The number of nitrogens with zero attached hydrogens (tertiary/aromatic N) is 2.